The fraction of sp³-hybridized carbons (Fsp3) is 0.562. The molecule has 2 rings (SSSR count). The fourth-order valence-corrected chi connectivity index (χ4v) is 2.73. The van der Waals surface area contributed by atoms with Crippen LogP contribution in [0.15, 0.2) is 18.2 Å². The smallest absolute Gasteiger partial charge is 0.227 e. The van der Waals surface area contributed by atoms with Gasteiger partial charge in [0.05, 0.1) is 6.61 Å². The maximum atomic E-state index is 12.3. The fourth-order valence-electron chi connectivity index (χ4n) is 2.73. The van der Waals surface area contributed by atoms with Crippen LogP contribution < -0.4 is 15.8 Å². The predicted molar refractivity (Wildman–Crippen MR) is 88.2 cm³/mol. The standard InChI is InChI=1S/C16H24N2O2.ClH/c1-3-20-14-7-8-15(11(2)9-14)18-16(19)12-5-4-6-13(17)10-12;/h7-9,12-13H,3-6,10,17H2,1-2H3,(H,18,19);1H. The van der Waals surface area contributed by atoms with E-state index < -0.39 is 0 Å². The molecule has 1 aliphatic rings. The highest BCUT2D eigenvalue weighted by molar-refractivity contribution is 5.93. The summed E-state index contributed by atoms with van der Waals surface area (Å²) in [5.41, 5.74) is 7.82. The first-order valence-electron chi connectivity index (χ1n) is 7.40. The molecule has 2 atom stereocenters. The Morgan fingerprint density at radius 3 is 2.81 bits per heavy atom. The lowest BCUT2D eigenvalue weighted by atomic mass is 9.85. The van der Waals surface area contributed by atoms with Crippen molar-refractivity contribution in [3.8, 4) is 5.75 Å². The van der Waals surface area contributed by atoms with Crippen molar-refractivity contribution >= 4 is 24.0 Å². The van der Waals surface area contributed by atoms with Gasteiger partial charge in [0.2, 0.25) is 5.91 Å². The highest BCUT2D eigenvalue weighted by atomic mass is 35.5. The first kappa shape index (κ1) is 17.8. The van der Waals surface area contributed by atoms with Gasteiger partial charge in [-0.2, -0.15) is 0 Å². The van der Waals surface area contributed by atoms with Crippen LogP contribution in [0.1, 0.15) is 38.2 Å². The van der Waals surface area contributed by atoms with E-state index in [0.29, 0.717) is 6.61 Å². The van der Waals surface area contributed by atoms with Crippen LogP contribution in [0.2, 0.25) is 0 Å². The largest absolute Gasteiger partial charge is 0.494 e. The quantitative estimate of drug-likeness (QED) is 0.896. The molecule has 1 saturated carbocycles. The number of hydrogen-bond donors (Lipinski definition) is 2. The summed E-state index contributed by atoms with van der Waals surface area (Å²) in [7, 11) is 0. The number of carbonyl (C=O) groups is 1. The van der Waals surface area contributed by atoms with Crippen molar-refractivity contribution in [3.05, 3.63) is 23.8 Å². The van der Waals surface area contributed by atoms with Gasteiger partial charge in [-0.1, -0.05) is 6.42 Å². The Balaban J connectivity index is 0.00000220. The van der Waals surface area contributed by atoms with E-state index in [0.717, 1.165) is 42.7 Å². The number of amides is 1. The molecule has 5 heteroatoms. The molecule has 0 bridgehead atoms. The van der Waals surface area contributed by atoms with Gasteiger partial charge < -0.3 is 15.8 Å². The van der Waals surface area contributed by atoms with Gasteiger partial charge in [-0.3, -0.25) is 4.79 Å². The minimum atomic E-state index is 0. The molecule has 0 aliphatic heterocycles. The number of benzene rings is 1. The molecule has 1 aromatic rings. The molecular weight excluding hydrogens is 288 g/mol. The molecule has 118 valence electrons. The van der Waals surface area contributed by atoms with Crippen molar-refractivity contribution in [1.29, 1.82) is 0 Å². The third-order valence-corrected chi connectivity index (χ3v) is 3.85. The second-order valence-electron chi connectivity index (χ2n) is 5.52. The van der Waals surface area contributed by atoms with Gasteiger partial charge in [-0.15, -0.1) is 12.4 Å². The first-order chi connectivity index (χ1) is 9.60. The molecule has 1 aromatic carbocycles. The van der Waals surface area contributed by atoms with Crippen LogP contribution >= 0.6 is 12.4 Å². The van der Waals surface area contributed by atoms with Gasteiger partial charge in [-0.25, -0.2) is 0 Å². The Morgan fingerprint density at radius 1 is 1.43 bits per heavy atom. The maximum absolute atomic E-state index is 12.3. The summed E-state index contributed by atoms with van der Waals surface area (Å²) in [4.78, 5) is 12.3. The van der Waals surface area contributed by atoms with Crippen molar-refractivity contribution in [3.63, 3.8) is 0 Å². The van der Waals surface area contributed by atoms with Crippen molar-refractivity contribution in [2.45, 2.75) is 45.6 Å². The number of ether oxygens (including phenoxy) is 1. The minimum Gasteiger partial charge on any atom is -0.494 e. The Hall–Kier alpha value is -1.26. The Labute approximate surface area is 132 Å². The molecule has 0 radical (unpaired) electrons. The number of rotatable bonds is 4. The third-order valence-electron chi connectivity index (χ3n) is 3.85. The molecule has 4 nitrogen and oxygen atoms in total. The Kier molecular flexibility index (Phi) is 6.99. The molecule has 1 amide bonds. The average Bonchev–Trinajstić information content (AvgIpc) is 2.42. The second-order valence-corrected chi connectivity index (χ2v) is 5.52. The van der Waals surface area contributed by atoms with Gasteiger partial charge in [0.15, 0.2) is 0 Å². The molecule has 0 spiro atoms. The SMILES string of the molecule is CCOc1ccc(NC(=O)C2CCCC(N)C2)c(C)c1.Cl. The zero-order chi connectivity index (χ0) is 14.5. The molecule has 2 unspecified atom stereocenters. The molecule has 21 heavy (non-hydrogen) atoms. The number of aryl methyl sites for hydroxylation is 1. The van der Waals surface area contributed by atoms with Crippen molar-refractivity contribution in [2.24, 2.45) is 11.7 Å². The third kappa shape index (κ3) is 4.90. The molecular formula is C16H25ClN2O2. The number of nitrogens with one attached hydrogen (secondary N) is 1. The van der Waals surface area contributed by atoms with Gasteiger partial charge in [0.1, 0.15) is 5.75 Å². The monoisotopic (exact) mass is 312 g/mol. The summed E-state index contributed by atoms with van der Waals surface area (Å²) in [6.45, 7) is 4.58. The van der Waals surface area contributed by atoms with E-state index in [-0.39, 0.29) is 30.3 Å². The lowest BCUT2D eigenvalue weighted by Crippen LogP contribution is -2.34. The van der Waals surface area contributed by atoms with E-state index in [1.165, 1.54) is 0 Å². The summed E-state index contributed by atoms with van der Waals surface area (Å²) in [6, 6.07) is 5.91. The van der Waals surface area contributed by atoms with Crippen LogP contribution in [0, 0.1) is 12.8 Å². The highest BCUT2D eigenvalue weighted by Gasteiger charge is 2.25. The van der Waals surface area contributed by atoms with Crippen LogP contribution in [0.25, 0.3) is 0 Å². The Morgan fingerprint density at radius 2 is 2.19 bits per heavy atom. The van der Waals surface area contributed by atoms with Crippen LogP contribution in [0.5, 0.6) is 5.75 Å². The van der Waals surface area contributed by atoms with Gasteiger partial charge in [0.25, 0.3) is 0 Å². The lowest BCUT2D eigenvalue weighted by molar-refractivity contribution is -0.120. The van der Waals surface area contributed by atoms with Crippen LogP contribution in [0.4, 0.5) is 5.69 Å². The zero-order valence-electron chi connectivity index (χ0n) is 12.7. The van der Waals surface area contributed by atoms with Crippen molar-refractivity contribution < 1.29 is 9.53 Å². The molecule has 1 aliphatic carbocycles. The lowest BCUT2D eigenvalue weighted by Gasteiger charge is -2.26. The number of anilines is 1. The van der Waals surface area contributed by atoms with E-state index in [2.05, 4.69) is 5.32 Å². The predicted octanol–water partition coefficient (Wildman–Crippen LogP) is 3.27. The van der Waals surface area contributed by atoms with Gasteiger partial charge in [-0.05, 0) is 56.9 Å². The summed E-state index contributed by atoms with van der Waals surface area (Å²) < 4.78 is 5.45. The maximum Gasteiger partial charge on any atom is 0.227 e. The number of nitrogens with two attached hydrogens (primary N) is 1. The molecule has 1 fully saturated rings. The highest BCUT2D eigenvalue weighted by Crippen LogP contribution is 2.26. The van der Waals surface area contributed by atoms with E-state index >= 15 is 0 Å². The van der Waals surface area contributed by atoms with Gasteiger partial charge >= 0.3 is 0 Å². The summed E-state index contributed by atoms with van der Waals surface area (Å²) in [6.07, 6.45) is 3.81. The second kappa shape index (κ2) is 8.25. The average molecular weight is 313 g/mol. The molecule has 0 saturated heterocycles. The van der Waals surface area contributed by atoms with Gasteiger partial charge in [0, 0.05) is 17.6 Å². The minimum absolute atomic E-state index is 0. The topological polar surface area (TPSA) is 64.3 Å². The van der Waals surface area contributed by atoms with E-state index in [1.54, 1.807) is 0 Å². The van der Waals surface area contributed by atoms with E-state index in [4.69, 9.17) is 10.5 Å². The number of halogens is 1. The number of hydrogen-bond acceptors (Lipinski definition) is 3. The normalized spacial score (nSPS) is 21.3. The summed E-state index contributed by atoms with van der Waals surface area (Å²) >= 11 is 0. The zero-order valence-corrected chi connectivity index (χ0v) is 13.5. The van der Waals surface area contributed by atoms with Crippen molar-refractivity contribution in [2.75, 3.05) is 11.9 Å². The summed E-state index contributed by atoms with van der Waals surface area (Å²) in [5.74, 6) is 0.972. The number of carbonyl (C=O) groups excluding carboxylic acids is 1. The van der Waals surface area contributed by atoms with E-state index in [9.17, 15) is 4.79 Å². The Bertz CT molecular complexity index is 479. The van der Waals surface area contributed by atoms with Crippen LogP contribution in [-0.4, -0.2) is 18.6 Å². The summed E-state index contributed by atoms with van der Waals surface area (Å²) in [5, 5.41) is 3.02. The van der Waals surface area contributed by atoms with Crippen LogP contribution in [-0.2, 0) is 4.79 Å². The molecule has 0 aromatic heterocycles. The van der Waals surface area contributed by atoms with E-state index in [1.807, 2.05) is 32.0 Å². The molecule has 0 heterocycles. The van der Waals surface area contributed by atoms with Crippen molar-refractivity contribution in [1.82, 2.24) is 0 Å². The molecule has 3 N–H and O–H groups in total. The first-order valence-corrected chi connectivity index (χ1v) is 7.40. The van der Waals surface area contributed by atoms with Crippen LogP contribution in [0.3, 0.4) is 0 Å².